The van der Waals surface area contributed by atoms with E-state index in [1.54, 1.807) is 0 Å². The number of rotatable bonds is 3. The standard InChI is InChI=1S/C15H18O2/c1-4-13(16)15-6-5-14(17-15)12-8-10(2)7-11(3)9-12/h5-9,13,16H,4H2,1-3H3. The third-order valence-electron chi connectivity index (χ3n) is 2.85. The van der Waals surface area contributed by atoms with E-state index in [0.717, 1.165) is 11.3 Å². The Morgan fingerprint density at radius 2 is 1.76 bits per heavy atom. The van der Waals surface area contributed by atoms with Crippen LogP contribution < -0.4 is 0 Å². The predicted molar refractivity (Wildman–Crippen MR) is 68.9 cm³/mol. The van der Waals surface area contributed by atoms with Crippen molar-refractivity contribution >= 4 is 0 Å². The van der Waals surface area contributed by atoms with Crippen LogP contribution in [-0.4, -0.2) is 5.11 Å². The van der Waals surface area contributed by atoms with Crippen LogP contribution in [0.25, 0.3) is 11.3 Å². The number of aryl methyl sites for hydroxylation is 2. The molecular weight excluding hydrogens is 212 g/mol. The van der Waals surface area contributed by atoms with Gasteiger partial charge < -0.3 is 9.52 Å². The summed E-state index contributed by atoms with van der Waals surface area (Å²) in [5, 5.41) is 9.70. The van der Waals surface area contributed by atoms with Crippen molar-refractivity contribution < 1.29 is 9.52 Å². The third-order valence-corrected chi connectivity index (χ3v) is 2.85. The van der Waals surface area contributed by atoms with E-state index in [-0.39, 0.29) is 0 Å². The quantitative estimate of drug-likeness (QED) is 0.864. The zero-order valence-corrected chi connectivity index (χ0v) is 10.5. The fraction of sp³-hybridized carbons (Fsp3) is 0.333. The van der Waals surface area contributed by atoms with Crippen molar-refractivity contribution in [2.24, 2.45) is 0 Å². The zero-order chi connectivity index (χ0) is 12.4. The topological polar surface area (TPSA) is 33.4 Å². The molecule has 2 heteroatoms. The Morgan fingerprint density at radius 3 is 2.35 bits per heavy atom. The summed E-state index contributed by atoms with van der Waals surface area (Å²) in [5.41, 5.74) is 3.50. The lowest BCUT2D eigenvalue weighted by Gasteiger charge is -2.04. The molecule has 0 aliphatic heterocycles. The molecule has 0 aliphatic carbocycles. The average molecular weight is 230 g/mol. The minimum Gasteiger partial charge on any atom is -0.458 e. The summed E-state index contributed by atoms with van der Waals surface area (Å²) < 4.78 is 5.68. The van der Waals surface area contributed by atoms with Crippen LogP contribution in [0.4, 0.5) is 0 Å². The molecule has 1 N–H and O–H groups in total. The molecule has 1 aromatic heterocycles. The molecule has 1 heterocycles. The molecule has 0 spiro atoms. The molecule has 0 amide bonds. The fourth-order valence-electron chi connectivity index (χ4n) is 2.01. The summed E-state index contributed by atoms with van der Waals surface area (Å²) in [6, 6.07) is 10.1. The van der Waals surface area contributed by atoms with Crippen molar-refractivity contribution in [1.82, 2.24) is 0 Å². The van der Waals surface area contributed by atoms with E-state index in [1.165, 1.54) is 11.1 Å². The summed E-state index contributed by atoms with van der Waals surface area (Å²) >= 11 is 0. The van der Waals surface area contributed by atoms with Crippen molar-refractivity contribution in [3.05, 3.63) is 47.2 Å². The molecule has 1 unspecified atom stereocenters. The fourth-order valence-corrected chi connectivity index (χ4v) is 2.01. The minimum atomic E-state index is -0.505. The van der Waals surface area contributed by atoms with Crippen LogP contribution in [0.15, 0.2) is 34.7 Å². The molecule has 17 heavy (non-hydrogen) atoms. The molecule has 0 bridgehead atoms. The average Bonchev–Trinajstić information content (AvgIpc) is 2.76. The first-order valence-corrected chi connectivity index (χ1v) is 5.96. The molecule has 2 nitrogen and oxygen atoms in total. The van der Waals surface area contributed by atoms with Gasteiger partial charge in [0.15, 0.2) is 0 Å². The van der Waals surface area contributed by atoms with E-state index in [9.17, 15) is 5.11 Å². The Balaban J connectivity index is 2.36. The van der Waals surface area contributed by atoms with Crippen LogP contribution in [0.5, 0.6) is 0 Å². The second-order valence-corrected chi connectivity index (χ2v) is 4.50. The molecule has 0 aliphatic rings. The van der Waals surface area contributed by atoms with Gasteiger partial charge >= 0.3 is 0 Å². The molecule has 0 saturated carbocycles. The molecule has 2 aromatic rings. The molecule has 0 saturated heterocycles. The lowest BCUT2D eigenvalue weighted by atomic mass is 10.1. The van der Waals surface area contributed by atoms with E-state index < -0.39 is 6.10 Å². The highest BCUT2D eigenvalue weighted by molar-refractivity contribution is 5.60. The highest BCUT2D eigenvalue weighted by atomic mass is 16.4. The van der Waals surface area contributed by atoms with Gasteiger partial charge in [-0.05, 0) is 44.5 Å². The van der Waals surface area contributed by atoms with Gasteiger partial charge in [-0.25, -0.2) is 0 Å². The van der Waals surface area contributed by atoms with Crippen LogP contribution in [0, 0.1) is 13.8 Å². The zero-order valence-electron chi connectivity index (χ0n) is 10.5. The van der Waals surface area contributed by atoms with Crippen LogP contribution in [-0.2, 0) is 0 Å². The summed E-state index contributed by atoms with van der Waals surface area (Å²) in [7, 11) is 0. The second-order valence-electron chi connectivity index (χ2n) is 4.50. The van der Waals surface area contributed by atoms with Crippen molar-refractivity contribution in [3.8, 4) is 11.3 Å². The SMILES string of the molecule is CCC(O)c1ccc(-c2cc(C)cc(C)c2)o1. The lowest BCUT2D eigenvalue weighted by molar-refractivity contribution is 0.147. The van der Waals surface area contributed by atoms with Crippen LogP contribution in [0.1, 0.15) is 36.3 Å². The smallest absolute Gasteiger partial charge is 0.134 e. The molecular formula is C15H18O2. The summed E-state index contributed by atoms with van der Waals surface area (Å²) in [6.07, 6.45) is 0.162. The van der Waals surface area contributed by atoms with Gasteiger partial charge in [0, 0.05) is 5.56 Å². The Morgan fingerprint density at radius 1 is 1.12 bits per heavy atom. The molecule has 0 fully saturated rings. The van der Waals surface area contributed by atoms with Crippen LogP contribution >= 0.6 is 0 Å². The molecule has 90 valence electrons. The van der Waals surface area contributed by atoms with E-state index in [1.807, 2.05) is 19.1 Å². The number of furan rings is 1. The second kappa shape index (κ2) is 4.76. The molecule has 1 atom stereocenters. The summed E-state index contributed by atoms with van der Waals surface area (Å²) in [4.78, 5) is 0. The van der Waals surface area contributed by atoms with Gasteiger partial charge in [-0.2, -0.15) is 0 Å². The molecule has 2 rings (SSSR count). The normalized spacial score (nSPS) is 12.7. The highest BCUT2D eigenvalue weighted by Gasteiger charge is 2.11. The van der Waals surface area contributed by atoms with Gasteiger partial charge in [-0.3, -0.25) is 0 Å². The van der Waals surface area contributed by atoms with Gasteiger partial charge in [-0.1, -0.05) is 24.1 Å². The van der Waals surface area contributed by atoms with Gasteiger partial charge in [-0.15, -0.1) is 0 Å². The minimum absolute atomic E-state index is 0.505. The first-order valence-electron chi connectivity index (χ1n) is 5.96. The first kappa shape index (κ1) is 11.9. The van der Waals surface area contributed by atoms with Crippen molar-refractivity contribution in [1.29, 1.82) is 0 Å². The van der Waals surface area contributed by atoms with Crippen LogP contribution in [0.3, 0.4) is 0 Å². The van der Waals surface area contributed by atoms with Crippen LogP contribution in [0.2, 0.25) is 0 Å². The number of aliphatic hydroxyl groups is 1. The van der Waals surface area contributed by atoms with Gasteiger partial charge in [0.2, 0.25) is 0 Å². The molecule has 1 aromatic carbocycles. The van der Waals surface area contributed by atoms with Crippen molar-refractivity contribution in [3.63, 3.8) is 0 Å². The maximum atomic E-state index is 9.70. The van der Waals surface area contributed by atoms with Gasteiger partial charge in [0.05, 0.1) is 0 Å². The van der Waals surface area contributed by atoms with Gasteiger partial charge in [0.1, 0.15) is 17.6 Å². The van der Waals surface area contributed by atoms with E-state index >= 15 is 0 Å². The van der Waals surface area contributed by atoms with E-state index in [2.05, 4.69) is 32.0 Å². The first-order chi connectivity index (χ1) is 8.10. The monoisotopic (exact) mass is 230 g/mol. The Labute approximate surface area is 102 Å². The Hall–Kier alpha value is -1.54. The highest BCUT2D eigenvalue weighted by Crippen LogP contribution is 2.27. The lowest BCUT2D eigenvalue weighted by Crippen LogP contribution is -1.91. The molecule has 0 radical (unpaired) electrons. The number of hydrogen-bond donors (Lipinski definition) is 1. The maximum Gasteiger partial charge on any atom is 0.134 e. The third kappa shape index (κ3) is 2.59. The van der Waals surface area contributed by atoms with E-state index in [0.29, 0.717) is 12.2 Å². The van der Waals surface area contributed by atoms with Crippen molar-refractivity contribution in [2.75, 3.05) is 0 Å². The number of hydrogen-bond acceptors (Lipinski definition) is 2. The number of aliphatic hydroxyl groups excluding tert-OH is 1. The van der Waals surface area contributed by atoms with Crippen molar-refractivity contribution in [2.45, 2.75) is 33.3 Å². The largest absolute Gasteiger partial charge is 0.458 e. The summed E-state index contributed by atoms with van der Waals surface area (Å²) in [5.74, 6) is 1.46. The number of benzene rings is 1. The Bertz CT molecular complexity index is 491. The maximum absolute atomic E-state index is 9.70. The van der Waals surface area contributed by atoms with Gasteiger partial charge in [0.25, 0.3) is 0 Å². The summed E-state index contributed by atoms with van der Waals surface area (Å²) in [6.45, 7) is 6.08. The predicted octanol–water partition coefficient (Wildman–Crippen LogP) is 4.01. The van der Waals surface area contributed by atoms with E-state index in [4.69, 9.17) is 4.42 Å². The Kier molecular flexibility index (Phi) is 3.34.